The Morgan fingerprint density at radius 3 is 2.00 bits per heavy atom. The van der Waals surface area contributed by atoms with E-state index in [0.717, 1.165) is 25.7 Å². The number of carbonyl (C=O) groups is 1. The summed E-state index contributed by atoms with van der Waals surface area (Å²) in [5.74, 6) is 0. The summed E-state index contributed by atoms with van der Waals surface area (Å²) in [6, 6.07) is 0.302. The second kappa shape index (κ2) is 4.99. The fraction of sp³-hybridized carbons (Fsp3) is 0.750. The van der Waals surface area contributed by atoms with E-state index in [9.17, 15) is 9.90 Å². The van der Waals surface area contributed by atoms with Crippen LogP contribution >= 0.6 is 12.2 Å². The summed E-state index contributed by atoms with van der Waals surface area (Å²) >= 11 is 4.72. The molecule has 4 N–H and O–H groups in total. The summed E-state index contributed by atoms with van der Waals surface area (Å²) < 4.78 is 0. The highest BCUT2D eigenvalue weighted by Crippen LogP contribution is 2.18. The molecule has 1 rings (SSSR count). The summed E-state index contributed by atoms with van der Waals surface area (Å²) in [4.78, 5) is 10.2. The van der Waals surface area contributed by atoms with Crippen LogP contribution in [0.2, 0.25) is 0 Å². The third-order valence-electron chi connectivity index (χ3n) is 2.40. The zero-order valence-corrected chi connectivity index (χ0v) is 8.60. The first kappa shape index (κ1) is 11.0. The SMILES string of the molecule is NC(=S)NC1CCC(NC(=O)[O-])CC1. The van der Waals surface area contributed by atoms with Gasteiger partial charge in [0.1, 0.15) is 6.09 Å². The molecule has 1 aliphatic carbocycles. The van der Waals surface area contributed by atoms with Crippen molar-refractivity contribution in [2.75, 3.05) is 0 Å². The first-order valence-corrected chi connectivity index (χ1v) is 5.02. The average molecular weight is 216 g/mol. The molecule has 1 saturated carbocycles. The first-order chi connectivity index (χ1) is 6.58. The van der Waals surface area contributed by atoms with Crippen molar-refractivity contribution in [2.24, 2.45) is 5.73 Å². The van der Waals surface area contributed by atoms with Crippen LogP contribution in [0.3, 0.4) is 0 Å². The summed E-state index contributed by atoms with van der Waals surface area (Å²) in [5.41, 5.74) is 5.34. The zero-order chi connectivity index (χ0) is 10.6. The Balaban J connectivity index is 2.24. The topological polar surface area (TPSA) is 90.2 Å². The Hall–Kier alpha value is -1.04. The quantitative estimate of drug-likeness (QED) is 0.518. The van der Waals surface area contributed by atoms with Crippen molar-refractivity contribution in [1.82, 2.24) is 10.6 Å². The van der Waals surface area contributed by atoms with Crippen molar-refractivity contribution in [1.29, 1.82) is 0 Å². The molecule has 0 spiro atoms. The molecule has 0 aromatic heterocycles. The number of amides is 1. The molecule has 1 amide bonds. The van der Waals surface area contributed by atoms with E-state index in [0.29, 0.717) is 5.11 Å². The molecule has 0 aliphatic heterocycles. The second-order valence-electron chi connectivity index (χ2n) is 3.49. The number of carbonyl (C=O) groups excluding carboxylic acids is 1. The largest absolute Gasteiger partial charge is 0.530 e. The fourth-order valence-electron chi connectivity index (χ4n) is 1.75. The second-order valence-corrected chi connectivity index (χ2v) is 3.93. The maximum Gasteiger partial charge on any atom is 0.163 e. The number of thiocarbonyl (C=S) groups is 1. The summed E-state index contributed by atoms with van der Waals surface area (Å²) in [6.45, 7) is 0. The number of nitrogens with two attached hydrogens (primary N) is 1. The van der Waals surface area contributed by atoms with Gasteiger partial charge in [0, 0.05) is 12.1 Å². The molecule has 0 radical (unpaired) electrons. The van der Waals surface area contributed by atoms with Gasteiger partial charge >= 0.3 is 0 Å². The Kier molecular flexibility index (Phi) is 3.94. The van der Waals surface area contributed by atoms with Crippen LogP contribution < -0.4 is 21.5 Å². The van der Waals surface area contributed by atoms with Crippen molar-refractivity contribution in [3.05, 3.63) is 0 Å². The third kappa shape index (κ3) is 3.78. The van der Waals surface area contributed by atoms with Crippen LogP contribution in [0, 0.1) is 0 Å². The van der Waals surface area contributed by atoms with E-state index >= 15 is 0 Å². The number of nitrogens with one attached hydrogen (secondary N) is 2. The number of hydrogen-bond acceptors (Lipinski definition) is 3. The maximum atomic E-state index is 10.2. The van der Waals surface area contributed by atoms with Crippen molar-refractivity contribution in [2.45, 2.75) is 37.8 Å². The van der Waals surface area contributed by atoms with Gasteiger partial charge in [0.05, 0.1) is 0 Å². The van der Waals surface area contributed by atoms with Crippen LogP contribution in [0.15, 0.2) is 0 Å². The minimum absolute atomic E-state index is 0.0180. The average Bonchev–Trinajstić information content (AvgIpc) is 2.06. The van der Waals surface area contributed by atoms with Crippen molar-refractivity contribution < 1.29 is 9.90 Å². The highest BCUT2D eigenvalue weighted by molar-refractivity contribution is 7.80. The Morgan fingerprint density at radius 1 is 1.21 bits per heavy atom. The smallest absolute Gasteiger partial charge is 0.163 e. The molecule has 0 saturated heterocycles. The van der Waals surface area contributed by atoms with Gasteiger partial charge in [0.2, 0.25) is 0 Å². The van der Waals surface area contributed by atoms with Gasteiger partial charge in [-0.1, -0.05) is 0 Å². The lowest BCUT2D eigenvalue weighted by Gasteiger charge is -2.30. The number of carboxylic acid groups (broad SMARTS) is 1. The minimum atomic E-state index is -1.20. The molecule has 0 heterocycles. The summed E-state index contributed by atoms with van der Waals surface area (Å²) in [6.07, 6.45) is 2.16. The van der Waals surface area contributed by atoms with Crippen LogP contribution in [0.5, 0.6) is 0 Å². The maximum absolute atomic E-state index is 10.2. The molecule has 80 valence electrons. The van der Waals surface area contributed by atoms with Gasteiger partial charge < -0.3 is 26.3 Å². The lowest BCUT2D eigenvalue weighted by molar-refractivity contribution is -0.251. The zero-order valence-electron chi connectivity index (χ0n) is 7.79. The van der Waals surface area contributed by atoms with Gasteiger partial charge in [-0.05, 0) is 37.9 Å². The van der Waals surface area contributed by atoms with Crippen molar-refractivity contribution in [3.63, 3.8) is 0 Å². The molecule has 0 unspecified atom stereocenters. The number of rotatable bonds is 2. The predicted molar refractivity (Wildman–Crippen MR) is 54.5 cm³/mol. The van der Waals surface area contributed by atoms with E-state index in [4.69, 9.17) is 18.0 Å². The van der Waals surface area contributed by atoms with Crippen LogP contribution in [0.25, 0.3) is 0 Å². The van der Waals surface area contributed by atoms with E-state index in [1.807, 2.05) is 0 Å². The monoisotopic (exact) mass is 216 g/mol. The molecule has 0 atom stereocenters. The molecule has 0 bridgehead atoms. The van der Waals surface area contributed by atoms with Gasteiger partial charge in [0.15, 0.2) is 5.11 Å². The Labute approximate surface area is 88.0 Å². The van der Waals surface area contributed by atoms with Gasteiger partial charge in [-0.2, -0.15) is 0 Å². The molecule has 0 aromatic carbocycles. The third-order valence-corrected chi connectivity index (χ3v) is 2.51. The Bertz CT molecular complexity index is 203. The van der Waals surface area contributed by atoms with E-state index in [1.165, 1.54) is 0 Å². The van der Waals surface area contributed by atoms with Crippen molar-refractivity contribution >= 4 is 23.4 Å². The molecule has 14 heavy (non-hydrogen) atoms. The van der Waals surface area contributed by atoms with E-state index in [2.05, 4.69) is 10.6 Å². The van der Waals surface area contributed by atoms with Crippen LogP contribution in [0.1, 0.15) is 25.7 Å². The fourth-order valence-corrected chi connectivity index (χ4v) is 1.92. The molecular weight excluding hydrogens is 202 g/mol. The van der Waals surface area contributed by atoms with Gasteiger partial charge in [-0.25, -0.2) is 0 Å². The number of hydrogen-bond donors (Lipinski definition) is 3. The standard InChI is InChI=1S/C8H15N3O2S/c9-7(14)10-5-1-3-6(4-2-5)11-8(12)13/h5-6,11H,1-4H2,(H,12,13)(H3,9,10,14)/p-1. The predicted octanol–water partition coefficient (Wildman–Crippen LogP) is -0.936. The van der Waals surface area contributed by atoms with Gasteiger partial charge in [-0.3, -0.25) is 0 Å². The molecule has 6 heteroatoms. The highest BCUT2D eigenvalue weighted by Gasteiger charge is 2.20. The molecular formula is C8H14N3O2S-. The van der Waals surface area contributed by atoms with Gasteiger partial charge in [0.25, 0.3) is 0 Å². The minimum Gasteiger partial charge on any atom is -0.530 e. The molecule has 1 aliphatic rings. The lowest BCUT2D eigenvalue weighted by atomic mass is 9.91. The lowest BCUT2D eigenvalue weighted by Crippen LogP contribution is -2.48. The summed E-state index contributed by atoms with van der Waals surface area (Å²) in [5, 5.41) is 15.9. The van der Waals surface area contributed by atoms with Crippen LogP contribution in [-0.4, -0.2) is 23.3 Å². The highest BCUT2D eigenvalue weighted by atomic mass is 32.1. The van der Waals surface area contributed by atoms with E-state index < -0.39 is 6.09 Å². The molecule has 0 aromatic rings. The van der Waals surface area contributed by atoms with Crippen molar-refractivity contribution in [3.8, 4) is 0 Å². The molecule has 1 fully saturated rings. The van der Waals surface area contributed by atoms with E-state index in [1.54, 1.807) is 0 Å². The van der Waals surface area contributed by atoms with Crippen LogP contribution in [-0.2, 0) is 0 Å². The van der Waals surface area contributed by atoms with E-state index in [-0.39, 0.29) is 12.1 Å². The van der Waals surface area contributed by atoms with Gasteiger partial charge in [-0.15, -0.1) is 0 Å². The first-order valence-electron chi connectivity index (χ1n) is 4.61. The molecule has 5 nitrogen and oxygen atoms in total. The Morgan fingerprint density at radius 2 is 1.64 bits per heavy atom. The summed E-state index contributed by atoms with van der Waals surface area (Å²) in [7, 11) is 0. The van der Waals surface area contributed by atoms with Crippen LogP contribution in [0.4, 0.5) is 4.79 Å². The normalized spacial score (nSPS) is 26.6.